The summed E-state index contributed by atoms with van der Waals surface area (Å²) in [6.45, 7) is 0. The van der Waals surface area contributed by atoms with E-state index in [0.29, 0.717) is 11.8 Å². The lowest BCUT2D eigenvalue weighted by Gasteiger charge is -2.34. The maximum Gasteiger partial charge on any atom is 0.226 e. The van der Waals surface area contributed by atoms with Crippen LogP contribution in [0.15, 0.2) is 34.9 Å². The van der Waals surface area contributed by atoms with Gasteiger partial charge in [0.05, 0.1) is 5.54 Å². The quantitative estimate of drug-likeness (QED) is 0.893. The summed E-state index contributed by atoms with van der Waals surface area (Å²) < 4.78 is 5.46. The molecule has 0 bridgehead atoms. The van der Waals surface area contributed by atoms with Crippen LogP contribution in [0.2, 0.25) is 0 Å². The molecule has 1 heterocycles. The Bertz CT molecular complexity index is 646. The Balaban J connectivity index is 0.00000169. The number of nitrogens with zero attached hydrogens (tertiary/aromatic N) is 2. The summed E-state index contributed by atoms with van der Waals surface area (Å²) in [7, 11) is 0. The van der Waals surface area contributed by atoms with Crippen LogP contribution in [0.3, 0.4) is 0 Å². The predicted molar refractivity (Wildman–Crippen MR) is 96.1 cm³/mol. The van der Waals surface area contributed by atoms with Gasteiger partial charge in [0.1, 0.15) is 0 Å². The Kier molecular flexibility index (Phi) is 5.26. The largest absolute Gasteiger partial charge is 0.339 e. The summed E-state index contributed by atoms with van der Waals surface area (Å²) in [6, 6.07) is 10.9. The van der Waals surface area contributed by atoms with Crippen molar-refractivity contribution in [3.8, 4) is 0 Å². The fraction of sp³-hybridized carbons (Fsp3) is 0.579. The van der Waals surface area contributed by atoms with E-state index in [4.69, 9.17) is 10.3 Å². The highest BCUT2D eigenvalue weighted by atomic mass is 35.5. The standard InChI is InChI=1S/C19H25N3O.ClH/c20-19(11-4-12-19)18-21-17(23-22-18)13-14-7-9-16(10-8-14)15-5-2-1-3-6-15;/h1-3,5-6,14,16H,4,7-13,20H2;1H. The molecule has 0 radical (unpaired) electrons. The van der Waals surface area contributed by atoms with Gasteiger partial charge in [0.15, 0.2) is 5.82 Å². The first-order chi connectivity index (χ1) is 11.2. The number of aromatic nitrogens is 2. The van der Waals surface area contributed by atoms with E-state index in [0.717, 1.165) is 31.0 Å². The Morgan fingerprint density at radius 3 is 2.42 bits per heavy atom. The minimum Gasteiger partial charge on any atom is -0.339 e. The van der Waals surface area contributed by atoms with E-state index in [1.807, 2.05) is 0 Å². The second kappa shape index (κ2) is 7.24. The van der Waals surface area contributed by atoms with Crippen molar-refractivity contribution in [2.75, 3.05) is 0 Å². The summed E-state index contributed by atoms with van der Waals surface area (Å²) in [6.07, 6.45) is 9.04. The van der Waals surface area contributed by atoms with Crippen LogP contribution in [0.4, 0.5) is 0 Å². The van der Waals surface area contributed by atoms with Crippen LogP contribution in [0.5, 0.6) is 0 Å². The van der Waals surface area contributed by atoms with Crippen LogP contribution in [0.25, 0.3) is 0 Å². The number of rotatable bonds is 4. The molecule has 2 N–H and O–H groups in total. The molecule has 4 rings (SSSR count). The van der Waals surface area contributed by atoms with E-state index >= 15 is 0 Å². The normalized spacial score (nSPS) is 25.5. The topological polar surface area (TPSA) is 64.9 Å². The van der Waals surface area contributed by atoms with Crippen molar-refractivity contribution in [3.63, 3.8) is 0 Å². The molecule has 2 fully saturated rings. The van der Waals surface area contributed by atoms with Crippen molar-refractivity contribution < 1.29 is 4.52 Å². The molecule has 2 aliphatic rings. The Morgan fingerprint density at radius 2 is 1.79 bits per heavy atom. The lowest BCUT2D eigenvalue weighted by molar-refractivity contribution is 0.228. The SMILES string of the molecule is Cl.NC1(c2noc(CC3CCC(c4ccccc4)CC3)n2)CCC1. The van der Waals surface area contributed by atoms with Crippen molar-refractivity contribution >= 4 is 12.4 Å². The number of hydrogen-bond acceptors (Lipinski definition) is 4. The van der Waals surface area contributed by atoms with Gasteiger partial charge in [-0.05, 0) is 62.3 Å². The summed E-state index contributed by atoms with van der Waals surface area (Å²) in [5.41, 5.74) is 7.44. The van der Waals surface area contributed by atoms with Gasteiger partial charge in [-0.2, -0.15) is 4.98 Å². The summed E-state index contributed by atoms with van der Waals surface area (Å²) in [5, 5.41) is 4.13. The second-order valence-electron chi connectivity index (χ2n) is 7.35. The maximum atomic E-state index is 6.27. The average Bonchev–Trinajstić information content (AvgIpc) is 3.03. The van der Waals surface area contributed by atoms with Crippen LogP contribution in [-0.4, -0.2) is 10.1 Å². The van der Waals surface area contributed by atoms with Gasteiger partial charge in [0.2, 0.25) is 5.89 Å². The van der Waals surface area contributed by atoms with Crippen molar-refractivity contribution in [1.29, 1.82) is 0 Å². The fourth-order valence-corrected chi connectivity index (χ4v) is 3.99. The zero-order chi connectivity index (χ0) is 15.7. The van der Waals surface area contributed by atoms with Gasteiger partial charge in [-0.25, -0.2) is 0 Å². The van der Waals surface area contributed by atoms with Gasteiger partial charge >= 0.3 is 0 Å². The second-order valence-corrected chi connectivity index (χ2v) is 7.35. The van der Waals surface area contributed by atoms with Gasteiger partial charge in [-0.3, -0.25) is 0 Å². The molecule has 0 saturated heterocycles. The number of nitrogens with two attached hydrogens (primary N) is 1. The molecule has 0 atom stereocenters. The third-order valence-corrected chi connectivity index (χ3v) is 5.74. The monoisotopic (exact) mass is 347 g/mol. The molecular weight excluding hydrogens is 322 g/mol. The van der Waals surface area contributed by atoms with Gasteiger partial charge < -0.3 is 10.3 Å². The van der Waals surface area contributed by atoms with E-state index in [-0.39, 0.29) is 17.9 Å². The molecule has 2 aliphatic carbocycles. The molecule has 2 saturated carbocycles. The molecule has 0 amide bonds. The third-order valence-electron chi connectivity index (χ3n) is 5.74. The van der Waals surface area contributed by atoms with Crippen molar-refractivity contribution in [1.82, 2.24) is 10.1 Å². The molecule has 1 aromatic heterocycles. The Labute approximate surface area is 149 Å². The smallest absolute Gasteiger partial charge is 0.226 e. The fourth-order valence-electron chi connectivity index (χ4n) is 3.99. The van der Waals surface area contributed by atoms with Crippen LogP contribution < -0.4 is 5.73 Å². The number of benzene rings is 1. The van der Waals surface area contributed by atoms with Crippen LogP contribution in [0, 0.1) is 5.92 Å². The Hall–Kier alpha value is -1.39. The van der Waals surface area contributed by atoms with E-state index < -0.39 is 0 Å². The lowest BCUT2D eigenvalue weighted by atomic mass is 9.77. The van der Waals surface area contributed by atoms with Gasteiger partial charge in [0.25, 0.3) is 0 Å². The molecule has 24 heavy (non-hydrogen) atoms. The first kappa shape index (κ1) is 17.4. The van der Waals surface area contributed by atoms with Gasteiger partial charge in [-0.1, -0.05) is 35.5 Å². The molecule has 0 aliphatic heterocycles. The van der Waals surface area contributed by atoms with Crippen molar-refractivity contribution in [2.45, 2.75) is 62.8 Å². The van der Waals surface area contributed by atoms with E-state index in [1.54, 1.807) is 0 Å². The molecule has 1 aromatic carbocycles. The van der Waals surface area contributed by atoms with E-state index in [2.05, 4.69) is 40.5 Å². The van der Waals surface area contributed by atoms with Crippen LogP contribution in [-0.2, 0) is 12.0 Å². The van der Waals surface area contributed by atoms with Gasteiger partial charge in [0, 0.05) is 6.42 Å². The van der Waals surface area contributed by atoms with Crippen LogP contribution in [0.1, 0.15) is 68.1 Å². The minimum absolute atomic E-state index is 0. The van der Waals surface area contributed by atoms with Crippen molar-refractivity contribution in [2.24, 2.45) is 11.7 Å². The summed E-state index contributed by atoms with van der Waals surface area (Å²) in [5.74, 6) is 2.88. The molecule has 0 unspecified atom stereocenters. The first-order valence-electron chi connectivity index (χ1n) is 8.90. The molecule has 4 nitrogen and oxygen atoms in total. The molecule has 0 spiro atoms. The Morgan fingerprint density at radius 1 is 1.08 bits per heavy atom. The zero-order valence-corrected chi connectivity index (χ0v) is 14.8. The van der Waals surface area contributed by atoms with E-state index in [1.165, 1.54) is 37.7 Å². The number of halogens is 1. The molecule has 5 heteroatoms. The third kappa shape index (κ3) is 3.50. The van der Waals surface area contributed by atoms with E-state index in [9.17, 15) is 0 Å². The minimum atomic E-state index is -0.313. The highest BCUT2D eigenvalue weighted by Gasteiger charge is 2.39. The lowest BCUT2D eigenvalue weighted by Crippen LogP contribution is -2.44. The predicted octanol–water partition coefficient (Wildman–Crippen LogP) is 4.35. The van der Waals surface area contributed by atoms with Gasteiger partial charge in [-0.15, -0.1) is 12.4 Å². The summed E-state index contributed by atoms with van der Waals surface area (Å²) in [4.78, 5) is 4.57. The van der Waals surface area contributed by atoms with Crippen molar-refractivity contribution in [3.05, 3.63) is 47.6 Å². The maximum absolute atomic E-state index is 6.27. The summed E-state index contributed by atoms with van der Waals surface area (Å²) >= 11 is 0. The molecule has 2 aromatic rings. The number of hydrogen-bond donors (Lipinski definition) is 1. The molecule has 130 valence electrons. The van der Waals surface area contributed by atoms with Crippen LogP contribution >= 0.6 is 12.4 Å². The zero-order valence-electron chi connectivity index (χ0n) is 14.0. The average molecular weight is 348 g/mol. The molecular formula is C19H26ClN3O. The highest BCUT2D eigenvalue weighted by molar-refractivity contribution is 5.85. The highest BCUT2D eigenvalue weighted by Crippen LogP contribution is 2.38. The first-order valence-corrected chi connectivity index (χ1v) is 8.90.